The third-order valence-electron chi connectivity index (χ3n) is 1.89. The van der Waals surface area contributed by atoms with Crippen LogP contribution in [0.4, 0.5) is 5.69 Å². The average Bonchev–Trinajstić information content (AvgIpc) is 2.28. The quantitative estimate of drug-likeness (QED) is 0.462. The van der Waals surface area contributed by atoms with Crippen molar-refractivity contribution in [2.75, 3.05) is 18.1 Å². The number of nitrogen functional groups attached to an aromatic ring is 1. The molecule has 0 radical (unpaired) electrons. The Labute approximate surface area is 104 Å². The Morgan fingerprint density at radius 3 is 3.00 bits per heavy atom. The van der Waals surface area contributed by atoms with Crippen molar-refractivity contribution in [3.63, 3.8) is 0 Å². The van der Waals surface area contributed by atoms with Crippen LogP contribution in [0.15, 0.2) is 35.2 Å². The summed E-state index contributed by atoms with van der Waals surface area (Å²) in [5.41, 5.74) is 6.48. The fraction of sp³-hybridized carbons (Fsp3) is 0.250. The molecule has 0 unspecified atom stereocenters. The van der Waals surface area contributed by atoms with E-state index < -0.39 is 5.97 Å². The molecule has 0 aliphatic carbocycles. The molecule has 0 aliphatic rings. The molecule has 1 aromatic carbocycles. The van der Waals surface area contributed by atoms with E-state index in [4.69, 9.17) is 15.6 Å². The number of thioether (sulfide) groups is 1. The molecule has 5 heteroatoms. The van der Waals surface area contributed by atoms with Crippen LogP contribution >= 0.6 is 11.8 Å². The Morgan fingerprint density at radius 2 is 2.35 bits per heavy atom. The zero-order valence-corrected chi connectivity index (χ0v) is 10.4. The number of benzene rings is 1. The monoisotopic (exact) mass is 253 g/mol. The maximum absolute atomic E-state index is 10.3. The summed E-state index contributed by atoms with van der Waals surface area (Å²) in [5, 5.41) is 8.44. The number of rotatable bonds is 6. The minimum atomic E-state index is -0.943. The molecule has 0 spiro atoms. The second-order valence-corrected chi connectivity index (χ2v) is 4.25. The van der Waals surface area contributed by atoms with E-state index in [-0.39, 0.29) is 0 Å². The maximum atomic E-state index is 10.3. The zero-order chi connectivity index (χ0) is 12.7. The van der Waals surface area contributed by atoms with E-state index in [0.717, 1.165) is 16.7 Å². The number of hydrogen-bond donors (Lipinski definition) is 2. The van der Waals surface area contributed by atoms with E-state index in [1.165, 1.54) is 11.8 Å². The molecule has 1 aromatic rings. The van der Waals surface area contributed by atoms with Crippen LogP contribution in [0.1, 0.15) is 6.92 Å². The summed E-state index contributed by atoms with van der Waals surface area (Å²) in [7, 11) is 0. The van der Waals surface area contributed by atoms with Gasteiger partial charge in [0.2, 0.25) is 0 Å². The predicted molar refractivity (Wildman–Crippen MR) is 69.5 cm³/mol. The SMILES string of the molecule is CCOc1ccc(N)c(SC/C=C/C(=O)O)c1. The first-order valence-corrected chi connectivity index (χ1v) is 6.16. The molecule has 0 aliphatic heterocycles. The molecule has 0 heterocycles. The van der Waals surface area contributed by atoms with Gasteiger partial charge < -0.3 is 15.6 Å². The van der Waals surface area contributed by atoms with Gasteiger partial charge in [0.15, 0.2) is 0 Å². The fourth-order valence-corrected chi connectivity index (χ4v) is 1.99. The van der Waals surface area contributed by atoms with Gasteiger partial charge in [-0.05, 0) is 25.1 Å². The van der Waals surface area contributed by atoms with Crippen molar-refractivity contribution in [3.05, 3.63) is 30.4 Å². The van der Waals surface area contributed by atoms with Gasteiger partial charge in [-0.25, -0.2) is 4.79 Å². The molecule has 0 atom stereocenters. The highest BCUT2D eigenvalue weighted by atomic mass is 32.2. The van der Waals surface area contributed by atoms with Crippen molar-refractivity contribution >= 4 is 23.4 Å². The zero-order valence-electron chi connectivity index (χ0n) is 9.55. The molecule has 92 valence electrons. The highest BCUT2D eigenvalue weighted by Gasteiger charge is 2.01. The van der Waals surface area contributed by atoms with Crippen molar-refractivity contribution in [1.82, 2.24) is 0 Å². The molecule has 17 heavy (non-hydrogen) atoms. The van der Waals surface area contributed by atoms with Crippen molar-refractivity contribution in [3.8, 4) is 5.75 Å². The topological polar surface area (TPSA) is 72.5 Å². The Hall–Kier alpha value is -1.62. The number of aliphatic carboxylic acids is 1. The average molecular weight is 253 g/mol. The lowest BCUT2D eigenvalue weighted by molar-refractivity contribution is -0.131. The number of hydrogen-bond acceptors (Lipinski definition) is 4. The first-order valence-electron chi connectivity index (χ1n) is 5.18. The molecule has 0 aromatic heterocycles. The maximum Gasteiger partial charge on any atom is 0.328 e. The third-order valence-corrected chi connectivity index (χ3v) is 2.92. The molecule has 4 nitrogen and oxygen atoms in total. The lowest BCUT2D eigenvalue weighted by Gasteiger charge is -2.07. The van der Waals surface area contributed by atoms with Crippen LogP contribution in [0.25, 0.3) is 0 Å². The number of carboxylic acids is 1. The second kappa shape index (κ2) is 6.85. The summed E-state index contributed by atoms with van der Waals surface area (Å²) in [6, 6.07) is 5.46. The van der Waals surface area contributed by atoms with E-state index in [1.807, 2.05) is 19.1 Å². The summed E-state index contributed by atoms with van der Waals surface area (Å²) in [6.45, 7) is 2.52. The lowest BCUT2D eigenvalue weighted by Crippen LogP contribution is -1.94. The predicted octanol–water partition coefficient (Wildman–Crippen LogP) is 2.40. The van der Waals surface area contributed by atoms with E-state index >= 15 is 0 Å². The molecule has 0 bridgehead atoms. The molecule has 0 saturated carbocycles. The van der Waals surface area contributed by atoms with E-state index in [9.17, 15) is 4.79 Å². The first-order chi connectivity index (χ1) is 8.13. The van der Waals surface area contributed by atoms with Gasteiger partial charge in [0.05, 0.1) is 6.61 Å². The van der Waals surface area contributed by atoms with E-state index in [1.54, 1.807) is 12.1 Å². The highest BCUT2D eigenvalue weighted by molar-refractivity contribution is 7.99. The van der Waals surface area contributed by atoms with Crippen LogP contribution < -0.4 is 10.5 Å². The number of nitrogens with two attached hydrogens (primary N) is 1. The second-order valence-electron chi connectivity index (χ2n) is 3.18. The van der Waals surface area contributed by atoms with Crippen molar-refractivity contribution < 1.29 is 14.6 Å². The number of ether oxygens (including phenoxy) is 1. The van der Waals surface area contributed by atoms with Crippen molar-refractivity contribution in [1.29, 1.82) is 0 Å². The van der Waals surface area contributed by atoms with E-state index in [0.29, 0.717) is 18.0 Å². The smallest absolute Gasteiger partial charge is 0.328 e. The molecule has 3 N–H and O–H groups in total. The summed E-state index contributed by atoms with van der Waals surface area (Å²) in [5.74, 6) is 0.388. The number of carboxylic acid groups (broad SMARTS) is 1. The molecule has 0 saturated heterocycles. The van der Waals surface area contributed by atoms with Crippen LogP contribution in [0.2, 0.25) is 0 Å². The molecule has 1 rings (SSSR count). The van der Waals surface area contributed by atoms with Gasteiger partial charge in [0, 0.05) is 22.4 Å². The molecule has 0 amide bonds. The molecular weight excluding hydrogens is 238 g/mol. The summed E-state index contributed by atoms with van der Waals surface area (Å²) < 4.78 is 5.37. The van der Waals surface area contributed by atoms with Crippen LogP contribution in [0, 0.1) is 0 Å². The van der Waals surface area contributed by atoms with Crippen molar-refractivity contribution in [2.45, 2.75) is 11.8 Å². The molecular formula is C12H15NO3S. The van der Waals surface area contributed by atoms with Gasteiger partial charge in [0.25, 0.3) is 0 Å². The van der Waals surface area contributed by atoms with E-state index in [2.05, 4.69) is 0 Å². The van der Waals surface area contributed by atoms with Gasteiger partial charge in [-0.3, -0.25) is 0 Å². The van der Waals surface area contributed by atoms with Crippen LogP contribution in [0.5, 0.6) is 5.75 Å². The van der Waals surface area contributed by atoms with Crippen molar-refractivity contribution in [2.24, 2.45) is 0 Å². The van der Waals surface area contributed by atoms with Gasteiger partial charge >= 0.3 is 5.97 Å². The van der Waals surface area contributed by atoms with Gasteiger partial charge in [-0.15, -0.1) is 11.8 Å². The Kier molecular flexibility index (Phi) is 5.42. The summed E-state index contributed by atoms with van der Waals surface area (Å²) in [6.07, 6.45) is 2.70. The van der Waals surface area contributed by atoms with Crippen LogP contribution in [0.3, 0.4) is 0 Å². The van der Waals surface area contributed by atoms with Crippen LogP contribution in [-0.2, 0) is 4.79 Å². The Bertz CT molecular complexity index is 418. The minimum absolute atomic E-state index is 0.562. The summed E-state index contributed by atoms with van der Waals surface area (Å²) in [4.78, 5) is 11.2. The fourth-order valence-electron chi connectivity index (χ4n) is 1.18. The van der Waals surface area contributed by atoms with Gasteiger partial charge in [-0.2, -0.15) is 0 Å². The number of anilines is 1. The minimum Gasteiger partial charge on any atom is -0.494 e. The highest BCUT2D eigenvalue weighted by Crippen LogP contribution is 2.29. The molecule has 0 fully saturated rings. The largest absolute Gasteiger partial charge is 0.494 e. The van der Waals surface area contributed by atoms with Crippen LogP contribution in [-0.4, -0.2) is 23.4 Å². The lowest BCUT2D eigenvalue weighted by atomic mass is 10.3. The Balaban J connectivity index is 2.62. The first kappa shape index (κ1) is 13.4. The third kappa shape index (κ3) is 4.82. The number of carbonyl (C=O) groups is 1. The summed E-state index contributed by atoms with van der Waals surface area (Å²) >= 11 is 1.47. The van der Waals surface area contributed by atoms with Gasteiger partial charge in [0.1, 0.15) is 5.75 Å². The Morgan fingerprint density at radius 1 is 1.59 bits per heavy atom. The van der Waals surface area contributed by atoms with Gasteiger partial charge in [-0.1, -0.05) is 6.08 Å². The normalized spacial score (nSPS) is 10.6. The standard InChI is InChI=1S/C12H15NO3S/c1-2-16-9-5-6-10(13)11(8-9)17-7-3-4-12(14)15/h3-6,8H,2,7,13H2,1H3,(H,14,15)/b4-3+.